The van der Waals surface area contributed by atoms with Crippen molar-refractivity contribution in [3.8, 4) is 0 Å². The van der Waals surface area contributed by atoms with E-state index < -0.39 is 0 Å². The Morgan fingerprint density at radius 1 is 0.936 bits per heavy atom. The van der Waals surface area contributed by atoms with E-state index in [4.69, 9.17) is 20.7 Å². The maximum atomic E-state index is 13.8. The van der Waals surface area contributed by atoms with Crippen molar-refractivity contribution in [2.24, 2.45) is 0 Å². The molecule has 47 heavy (non-hydrogen) atoms. The Morgan fingerprint density at radius 2 is 1.60 bits per heavy atom. The topological polar surface area (TPSA) is 74.8 Å². The molecule has 0 radical (unpaired) electrons. The average Bonchev–Trinajstić information content (AvgIpc) is 3.69. The lowest BCUT2D eigenvalue weighted by atomic mass is 10.0. The van der Waals surface area contributed by atoms with E-state index in [1.807, 2.05) is 72.8 Å². The lowest BCUT2D eigenvalue weighted by molar-refractivity contribution is -0.943. The quantitative estimate of drug-likeness (QED) is 0.161. The first-order chi connectivity index (χ1) is 22.9. The predicted octanol–water partition coefficient (Wildman–Crippen LogP) is 7.12. The largest absolute Gasteiger partial charge is 0.414 e. The number of nitrogens with one attached hydrogen (secondary N) is 1. The Morgan fingerprint density at radius 3 is 2.30 bits per heavy atom. The van der Waals surface area contributed by atoms with Gasteiger partial charge in [-0.3, -0.25) is 14.2 Å². The van der Waals surface area contributed by atoms with Crippen molar-refractivity contribution in [2.75, 3.05) is 49.7 Å². The van der Waals surface area contributed by atoms with Crippen LogP contribution in [0.2, 0.25) is 5.02 Å². The number of quaternary nitrogens is 1. The molecule has 7 rings (SSSR count). The first-order valence-corrected chi connectivity index (χ1v) is 17.1. The Bertz CT molecular complexity index is 1830. The third-order valence-electron chi connectivity index (χ3n) is 9.25. The smallest absolute Gasteiger partial charge is 0.399 e. The van der Waals surface area contributed by atoms with Crippen LogP contribution in [0.25, 0.3) is 10.1 Å². The number of ether oxygens (including phenoxy) is 1. The lowest BCUT2D eigenvalue weighted by Gasteiger charge is -2.44. The molecule has 0 atom stereocenters. The minimum Gasteiger partial charge on any atom is -0.399 e. The van der Waals surface area contributed by atoms with Crippen LogP contribution < -0.4 is 10.2 Å². The molecule has 3 heterocycles. The normalized spacial score (nSPS) is 15.3. The van der Waals surface area contributed by atoms with E-state index in [-0.39, 0.29) is 18.7 Å². The van der Waals surface area contributed by atoms with Gasteiger partial charge in [-0.2, -0.15) is 4.37 Å². The van der Waals surface area contributed by atoms with Gasteiger partial charge in [0.25, 0.3) is 0 Å². The van der Waals surface area contributed by atoms with Gasteiger partial charge in [-0.1, -0.05) is 90.5 Å². The summed E-state index contributed by atoms with van der Waals surface area (Å²) in [6.07, 6.45) is 0.741. The molecule has 0 saturated carbocycles. The van der Waals surface area contributed by atoms with Gasteiger partial charge >= 0.3 is 6.09 Å². The van der Waals surface area contributed by atoms with Crippen LogP contribution in [0.5, 0.6) is 0 Å². The van der Waals surface area contributed by atoms with Crippen LogP contribution in [0.4, 0.5) is 16.3 Å². The summed E-state index contributed by atoms with van der Waals surface area (Å²) in [5.74, 6) is 1.01. The second-order valence-corrected chi connectivity index (χ2v) is 13.7. The zero-order valence-corrected chi connectivity index (χ0v) is 27.7. The first-order valence-electron chi connectivity index (χ1n) is 16.0. The van der Waals surface area contributed by atoms with Gasteiger partial charge in [0.2, 0.25) is 12.6 Å². The molecule has 240 valence electrons. The van der Waals surface area contributed by atoms with Crippen molar-refractivity contribution in [1.29, 1.82) is 0 Å². The van der Waals surface area contributed by atoms with Gasteiger partial charge in [-0.25, -0.2) is 4.79 Å². The standard InChI is InChI=1S/C37H36ClN5O3S/c38-32-23-33-30(22-35(44)39-33)21-29(32)15-18-43(19-16-41(17-20-43)36-31-13-7-8-14-34(31)47-40-36)26-46-37(45)42(24-27-9-3-1-4-10-27)25-28-11-5-2-6-12-28/h1-14,21,23H,15-20,22,24-26H2/p+1. The van der Waals surface area contributed by atoms with Gasteiger partial charge in [0.1, 0.15) is 0 Å². The highest BCUT2D eigenvalue weighted by molar-refractivity contribution is 7.13. The summed E-state index contributed by atoms with van der Waals surface area (Å²) >= 11 is 8.25. The fourth-order valence-corrected chi connectivity index (χ4v) is 7.60. The highest BCUT2D eigenvalue weighted by atomic mass is 35.5. The van der Waals surface area contributed by atoms with Gasteiger partial charge < -0.3 is 15.0 Å². The van der Waals surface area contributed by atoms with E-state index in [9.17, 15) is 9.59 Å². The van der Waals surface area contributed by atoms with Crippen molar-refractivity contribution >= 4 is 56.7 Å². The Balaban J connectivity index is 1.10. The molecule has 2 aliphatic rings. The van der Waals surface area contributed by atoms with Crippen molar-refractivity contribution in [3.05, 3.63) is 124 Å². The number of hydrogen-bond donors (Lipinski definition) is 1. The van der Waals surface area contributed by atoms with Crippen LogP contribution in [-0.4, -0.2) is 65.2 Å². The summed E-state index contributed by atoms with van der Waals surface area (Å²) in [6.45, 7) is 5.08. The number of halogens is 1. The van der Waals surface area contributed by atoms with Gasteiger partial charge in [-0.15, -0.1) is 0 Å². The molecule has 1 N–H and O–H groups in total. The van der Waals surface area contributed by atoms with E-state index in [1.165, 1.54) is 21.6 Å². The number of amides is 2. The van der Waals surface area contributed by atoms with E-state index in [0.717, 1.165) is 66.5 Å². The second kappa shape index (κ2) is 13.7. The number of piperazine rings is 1. The summed E-state index contributed by atoms with van der Waals surface area (Å²) in [4.78, 5) is 30.0. The third-order valence-corrected chi connectivity index (χ3v) is 10.4. The molecule has 2 amide bonds. The van der Waals surface area contributed by atoms with E-state index >= 15 is 0 Å². The number of benzene rings is 4. The molecule has 1 saturated heterocycles. The SMILES string of the molecule is O=C1Cc2cc(CC[N+]3(COC(=O)N(Cc4ccccc4)Cc4ccccc4)CCN(c4nsc5ccccc45)CC3)c(Cl)cc2N1. The van der Waals surface area contributed by atoms with Crippen molar-refractivity contribution < 1.29 is 18.8 Å². The molecule has 5 aromatic rings. The van der Waals surface area contributed by atoms with Crippen molar-refractivity contribution in [2.45, 2.75) is 25.9 Å². The van der Waals surface area contributed by atoms with Crippen molar-refractivity contribution in [3.63, 3.8) is 0 Å². The van der Waals surface area contributed by atoms with Crippen LogP contribution in [0, 0.1) is 0 Å². The molecular weight excluding hydrogens is 630 g/mol. The minimum absolute atomic E-state index is 0.00937. The molecule has 10 heteroatoms. The number of carbonyl (C=O) groups excluding carboxylic acids is 2. The molecule has 4 aromatic carbocycles. The first kappa shape index (κ1) is 31.2. The molecule has 1 fully saturated rings. The summed E-state index contributed by atoms with van der Waals surface area (Å²) in [6, 6.07) is 32.3. The maximum Gasteiger partial charge on any atom is 0.414 e. The zero-order chi connectivity index (χ0) is 32.2. The number of hydrogen-bond acceptors (Lipinski definition) is 6. The maximum absolute atomic E-state index is 13.8. The summed E-state index contributed by atoms with van der Waals surface area (Å²) in [5.41, 5.74) is 4.88. The molecule has 0 bridgehead atoms. The van der Waals surface area contributed by atoms with Gasteiger partial charge in [0.05, 0.1) is 43.8 Å². The molecular formula is C37H37ClN5O3S+. The number of fused-ring (bicyclic) bond motifs is 2. The zero-order valence-electron chi connectivity index (χ0n) is 26.1. The number of aromatic nitrogens is 1. The number of nitrogens with zero attached hydrogens (tertiary/aromatic N) is 4. The lowest BCUT2D eigenvalue weighted by Crippen LogP contribution is -2.61. The summed E-state index contributed by atoms with van der Waals surface area (Å²) in [5, 5.41) is 4.71. The predicted molar refractivity (Wildman–Crippen MR) is 188 cm³/mol. The van der Waals surface area contributed by atoms with Crippen molar-refractivity contribution in [1.82, 2.24) is 9.27 Å². The molecule has 0 unspecified atom stereocenters. The number of rotatable bonds is 10. The highest BCUT2D eigenvalue weighted by Gasteiger charge is 2.36. The molecule has 0 spiro atoms. The van der Waals surface area contributed by atoms with E-state index in [2.05, 4.69) is 34.5 Å². The summed E-state index contributed by atoms with van der Waals surface area (Å²) < 4.78 is 12.8. The third kappa shape index (κ3) is 7.12. The number of anilines is 2. The molecule has 2 aliphatic heterocycles. The van der Waals surface area contributed by atoms with Crippen LogP contribution >= 0.6 is 23.1 Å². The fourth-order valence-electron chi connectivity index (χ4n) is 6.54. The monoisotopic (exact) mass is 666 g/mol. The Labute approximate surface area is 283 Å². The van der Waals surface area contributed by atoms with Gasteiger partial charge in [0.15, 0.2) is 5.82 Å². The van der Waals surface area contributed by atoms with E-state index in [1.54, 1.807) is 4.90 Å². The average molecular weight is 667 g/mol. The second-order valence-electron chi connectivity index (χ2n) is 12.4. The fraction of sp³-hybridized carbons (Fsp3) is 0.270. The minimum atomic E-state index is -0.330. The van der Waals surface area contributed by atoms with Crippen LogP contribution in [-0.2, 0) is 35.5 Å². The van der Waals surface area contributed by atoms with Gasteiger partial charge in [-0.05, 0) is 52.0 Å². The number of carbonyl (C=O) groups is 2. The molecule has 0 aliphatic carbocycles. The van der Waals surface area contributed by atoms with Crippen LogP contribution in [0.15, 0.2) is 97.1 Å². The molecule has 1 aromatic heterocycles. The van der Waals surface area contributed by atoms with E-state index in [0.29, 0.717) is 35.4 Å². The van der Waals surface area contributed by atoms with Gasteiger partial charge in [0, 0.05) is 35.6 Å². The van der Waals surface area contributed by atoms with Crippen LogP contribution in [0.3, 0.4) is 0 Å². The van der Waals surface area contributed by atoms with Crippen LogP contribution in [0.1, 0.15) is 22.3 Å². The summed E-state index contributed by atoms with van der Waals surface area (Å²) in [7, 11) is 0. The Kier molecular flexibility index (Phi) is 9.11. The highest BCUT2D eigenvalue weighted by Crippen LogP contribution is 2.33. The molecule has 8 nitrogen and oxygen atoms in total. The Hall–Kier alpha value is -4.44.